The molecule has 1 fully saturated rings. The number of benzene rings is 3. The predicted octanol–water partition coefficient (Wildman–Crippen LogP) is 4.62. The number of amides is 2. The van der Waals surface area contributed by atoms with Crippen LogP contribution in [0, 0.1) is 5.82 Å². The number of rotatable bonds is 4. The highest BCUT2D eigenvalue weighted by molar-refractivity contribution is 6.20. The third-order valence-corrected chi connectivity index (χ3v) is 6.98. The number of nitrogens with zero attached hydrogens (tertiary/aromatic N) is 2. The Balaban J connectivity index is 1.42. The third-order valence-electron chi connectivity index (χ3n) is 6.98. The second kappa shape index (κ2) is 7.90. The van der Waals surface area contributed by atoms with Crippen molar-refractivity contribution < 1.29 is 14.0 Å². The van der Waals surface area contributed by atoms with Gasteiger partial charge in [0, 0.05) is 30.3 Å². The molecule has 0 radical (unpaired) electrons. The topological polar surface area (TPSA) is 61.8 Å². The molecule has 170 valence electrons. The van der Waals surface area contributed by atoms with Crippen molar-refractivity contribution in [3.63, 3.8) is 0 Å². The Labute approximate surface area is 197 Å². The number of aliphatic imine (C=N–C) groups is 1. The SMILES string of the molecule is CN1C(=O)Cc2ccc(C3=NC(Cc4ccc(C5CC5)cc4)C(=O)Nc4ccc(F)cc43)cc21. The van der Waals surface area contributed by atoms with E-state index < -0.39 is 11.9 Å². The van der Waals surface area contributed by atoms with Gasteiger partial charge in [0.05, 0.1) is 17.8 Å². The first-order chi connectivity index (χ1) is 16.5. The molecule has 1 unspecified atom stereocenters. The Kier molecular flexibility index (Phi) is 4.83. The fourth-order valence-electron chi connectivity index (χ4n) is 4.84. The van der Waals surface area contributed by atoms with Gasteiger partial charge in [0.1, 0.15) is 11.9 Å². The maximum atomic E-state index is 14.3. The van der Waals surface area contributed by atoms with Crippen molar-refractivity contribution in [3.05, 3.63) is 94.3 Å². The number of hydrogen-bond donors (Lipinski definition) is 1. The van der Waals surface area contributed by atoms with Crippen LogP contribution in [0.25, 0.3) is 0 Å². The smallest absolute Gasteiger partial charge is 0.249 e. The summed E-state index contributed by atoms with van der Waals surface area (Å²) in [4.78, 5) is 31.8. The zero-order valence-electron chi connectivity index (χ0n) is 18.8. The number of hydrogen-bond acceptors (Lipinski definition) is 3. The highest BCUT2D eigenvalue weighted by Gasteiger charge is 2.29. The van der Waals surface area contributed by atoms with Gasteiger partial charge >= 0.3 is 0 Å². The van der Waals surface area contributed by atoms with Crippen molar-refractivity contribution in [1.82, 2.24) is 0 Å². The molecule has 3 aromatic rings. The Morgan fingerprint density at radius 3 is 2.59 bits per heavy atom. The summed E-state index contributed by atoms with van der Waals surface area (Å²) in [5, 5.41) is 2.94. The fraction of sp³-hybridized carbons (Fsp3) is 0.250. The molecular weight excluding hydrogens is 429 g/mol. The van der Waals surface area contributed by atoms with Gasteiger partial charge in [-0.3, -0.25) is 14.6 Å². The Hall–Kier alpha value is -3.80. The van der Waals surface area contributed by atoms with E-state index >= 15 is 0 Å². The molecule has 6 heteroatoms. The van der Waals surface area contributed by atoms with E-state index in [1.807, 2.05) is 18.2 Å². The lowest BCUT2D eigenvalue weighted by atomic mass is 9.98. The van der Waals surface area contributed by atoms with Crippen LogP contribution < -0.4 is 10.2 Å². The molecule has 6 rings (SSSR count). The second-order valence-electron chi connectivity index (χ2n) is 9.37. The quantitative estimate of drug-likeness (QED) is 0.627. The van der Waals surface area contributed by atoms with Crippen LogP contribution in [0.4, 0.5) is 15.8 Å². The minimum absolute atomic E-state index is 0.0331. The van der Waals surface area contributed by atoms with E-state index in [4.69, 9.17) is 4.99 Å². The molecule has 1 saturated carbocycles. The number of anilines is 2. The minimum atomic E-state index is -0.662. The zero-order chi connectivity index (χ0) is 23.4. The summed E-state index contributed by atoms with van der Waals surface area (Å²) in [6.07, 6.45) is 3.30. The molecule has 0 bridgehead atoms. The summed E-state index contributed by atoms with van der Waals surface area (Å²) in [5.41, 5.74) is 6.50. The van der Waals surface area contributed by atoms with Crippen LogP contribution in [0.1, 0.15) is 46.6 Å². The van der Waals surface area contributed by atoms with Gasteiger partial charge in [-0.2, -0.15) is 0 Å². The maximum Gasteiger partial charge on any atom is 0.249 e. The van der Waals surface area contributed by atoms with E-state index in [9.17, 15) is 14.0 Å². The van der Waals surface area contributed by atoms with Crippen molar-refractivity contribution in [2.24, 2.45) is 4.99 Å². The van der Waals surface area contributed by atoms with E-state index in [2.05, 4.69) is 29.6 Å². The van der Waals surface area contributed by atoms with Gasteiger partial charge in [-0.05, 0) is 59.7 Å². The molecule has 2 aliphatic heterocycles. The van der Waals surface area contributed by atoms with Crippen molar-refractivity contribution in [1.29, 1.82) is 0 Å². The lowest BCUT2D eigenvalue weighted by Crippen LogP contribution is -2.27. The first kappa shape index (κ1) is 20.8. The largest absolute Gasteiger partial charge is 0.324 e. The summed E-state index contributed by atoms with van der Waals surface area (Å²) in [7, 11) is 1.75. The van der Waals surface area contributed by atoms with E-state index in [1.54, 1.807) is 18.0 Å². The summed E-state index contributed by atoms with van der Waals surface area (Å²) >= 11 is 0. The first-order valence-electron chi connectivity index (χ1n) is 11.6. The van der Waals surface area contributed by atoms with Crippen molar-refractivity contribution in [3.8, 4) is 0 Å². The molecule has 34 heavy (non-hydrogen) atoms. The van der Waals surface area contributed by atoms with Gasteiger partial charge in [-0.1, -0.05) is 36.4 Å². The van der Waals surface area contributed by atoms with Crippen LogP contribution >= 0.6 is 0 Å². The van der Waals surface area contributed by atoms with E-state index in [0.717, 1.165) is 22.4 Å². The van der Waals surface area contributed by atoms with Crippen LogP contribution in [-0.2, 0) is 22.4 Å². The summed E-state index contributed by atoms with van der Waals surface area (Å²) in [5.74, 6) is 0.0886. The number of halogens is 1. The third kappa shape index (κ3) is 3.69. The molecule has 1 N–H and O–H groups in total. The lowest BCUT2D eigenvalue weighted by Gasteiger charge is -2.14. The van der Waals surface area contributed by atoms with Crippen LogP contribution in [-0.4, -0.2) is 30.6 Å². The van der Waals surface area contributed by atoms with Gasteiger partial charge in [-0.25, -0.2) is 4.39 Å². The number of fused-ring (bicyclic) bond motifs is 2. The second-order valence-corrected chi connectivity index (χ2v) is 9.37. The molecule has 0 aromatic heterocycles. The fourth-order valence-corrected chi connectivity index (χ4v) is 4.84. The maximum absolute atomic E-state index is 14.3. The standard InChI is InChI=1S/C28H24FN3O2/c1-32-25-13-20(9-8-19(25)14-26(32)33)27-22-15-21(29)10-11-23(22)31-28(34)24(30-27)12-16-2-4-17(5-3-16)18-6-7-18/h2-5,8-11,13,15,18,24H,6-7,12,14H2,1H3,(H,31,34). The molecule has 3 aromatic carbocycles. The summed E-state index contributed by atoms with van der Waals surface area (Å²) in [6.45, 7) is 0. The molecular formula is C28H24FN3O2. The molecule has 1 atom stereocenters. The average Bonchev–Trinajstić information content (AvgIpc) is 3.65. The molecule has 0 spiro atoms. The molecule has 1 aliphatic carbocycles. The summed E-state index contributed by atoms with van der Waals surface area (Å²) in [6, 6.07) is 17.8. The van der Waals surface area contributed by atoms with Gasteiger partial charge in [0.25, 0.3) is 0 Å². The van der Waals surface area contributed by atoms with Crippen LogP contribution in [0.15, 0.2) is 65.7 Å². The normalized spacial score (nSPS) is 19.3. The van der Waals surface area contributed by atoms with Crippen molar-refractivity contribution in [2.75, 3.05) is 17.3 Å². The average molecular weight is 454 g/mol. The number of carbonyl (C=O) groups excluding carboxylic acids is 2. The Bertz CT molecular complexity index is 1360. The van der Waals surface area contributed by atoms with E-state index in [1.165, 1.54) is 30.5 Å². The van der Waals surface area contributed by atoms with E-state index in [0.29, 0.717) is 35.7 Å². The molecule has 2 heterocycles. The minimum Gasteiger partial charge on any atom is -0.324 e. The van der Waals surface area contributed by atoms with E-state index in [-0.39, 0.29) is 11.8 Å². The predicted molar refractivity (Wildman–Crippen MR) is 130 cm³/mol. The lowest BCUT2D eigenvalue weighted by molar-refractivity contribution is -0.118. The van der Waals surface area contributed by atoms with Gasteiger partial charge in [0.2, 0.25) is 11.8 Å². The first-order valence-corrected chi connectivity index (χ1v) is 11.6. The molecule has 2 amide bonds. The number of nitrogens with one attached hydrogen (secondary N) is 1. The Morgan fingerprint density at radius 2 is 1.82 bits per heavy atom. The number of likely N-dealkylation sites (N-methyl/N-ethyl adjacent to an activating group) is 1. The highest BCUT2D eigenvalue weighted by atomic mass is 19.1. The van der Waals surface area contributed by atoms with Crippen LogP contribution in [0.3, 0.4) is 0 Å². The van der Waals surface area contributed by atoms with Crippen LogP contribution in [0.5, 0.6) is 0 Å². The van der Waals surface area contributed by atoms with Gasteiger partial charge in [-0.15, -0.1) is 0 Å². The zero-order valence-corrected chi connectivity index (χ0v) is 18.8. The molecule has 0 saturated heterocycles. The monoisotopic (exact) mass is 453 g/mol. The number of carbonyl (C=O) groups is 2. The molecule has 5 nitrogen and oxygen atoms in total. The Morgan fingerprint density at radius 1 is 1.03 bits per heavy atom. The van der Waals surface area contributed by atoms with Gasteiger partial charge in [0.15, 0.2) is 0 Å². The highest BCUT2D eigenvalue weighted by Crippen LogP contribution is 2.40. The van der Waals surface area contributed by atoms with Crippen molar-refractivity contribution in [2.45, 2.75) is 37.6 Å². The van der Waals surface area contributed by atoms with Crippen LogP contribution in [0.2, 0.25) is 0 Å². The molecule has 3 aliphatic rings. The van der Waals surface area contributed by atoms with Crippen molar-refractivity contribution >= 4 is 28.9 Å². The van der Waals surface area contributed by atoms with Gasteiger partial charge < -0.3 is 10.2 Å². The summed E-state index contributed by atoms with van der Waals surface area (Å²) < 4.78 is 14.3. The number of benzodiazepines with no additional fused rings is 1.